The number of hydrogen-bond donors (Lipinski definition) is 3. The Morgan fingerprint density at radius 2 is 1.87 bits per heavy atom. The number of carbonyl (C=O) groups excluding carboxylic acids is 3. The Kier molecular flexibility index (Phi) is 8.40. The van der Waals surface area contributed by atoms with Gasteiger partial charge in [-0.1, -0.05) is 12.1 Å². The zero-order chi connectivity index (χ0) is 23.1. The molecule has 3 amide bonds. The van der Waals surface area contributed by atoms with Crippen LogP contribution in [-0.4, -0.2) is 62.3 Å². The number of likely N-dealkylation sites (N-methyl/N-ethyl adjacent to an activating group) is 1. The number of urea groups is 1. The van der Waals surface area contributed by atoms with Gasteiger partial charge in [-0.2, -0.15) is 0 Å². The number of carbonyl (C=O) groups is 3. The summed E-state index contributed by atoms with van der Waals surface area (Å²) in [6, 6.07) is 5.81. The topological polar surface area (TPSA) is 117 Å². The molecule has 1 unspecified atom stereocenters. The maximum atomic E-state index is 12.9. The molecule has 0 fully saturated rings. The summed E-state index contributed by atoms with van der Waals surface area (Å²) in [5.74, 6) is -0.339. The highest BCUT2D eigenvalue weighted by Gasteiger charge is 2.28. The van der Waals surface area contributed by atoms with Crippen LogP contribution in [0.4, 0.5) is 9.80 Å². The first kappa shape index (κ1) is 24.2. The van der Waals surface area contributed by atoms with Crippen LogP contribution in [0, 0.1) is 6.92 Å². The molecule has 0 bridgehead atoms. The number of rotatable bonds is 8. The van der Waals surface area contributed by atoms with E-state index in [1.54, 1.807) is 45.2 Å². The van der Waals surface area contributed by atoms with E-state index in [1.807, 2.05) is 0 Å². The first-order chi connectivity index (χ1) is 14.8. The molecule has 1 atom stereocenters. The number of nitrogens with one attached hydrogen (secondary N) is 2. The van der Waals surface area contributed by atoms with E-state index >= 15 is 0 Å². The summed E-state index contributed by atoms with van der Waals surface area (Å²) in [7, 11) is 4.57. The summed E-state index contributed by atoms with van der Waals surface area (Å²) in [5.41, 5.74) is 1.27. The second kappa shape index (κ2) is 10.8. The minimum Gasteiger partial charge on any atom is -0.497 e. The quantitative estimate of drug-likeness (QED) is 0.534. The first-order valence-electron chi connectivity index (χ1n) is 9.60. The Morgan fingerprint density at radius 3 is 2.39 bits per heavy atom. The molecule has 2 rings (SSSR count). The molecular weight excluding hydrogens is 422 g/mol. The molecule has 168 valence electrons. The van der Waals surface area contributed by atoms with Crippen LogP contribution in [0.2, 0.25) is 0 Å². The number of hydrogen-bond acceptors (Lipinski definition) is 7. The molecule has 1 heterocycles. The molecular formula is C21H27N3O6S. The van der Waals surface area contributed by atoms with Crippen molar-refractivity contribution in [1.82, 2.24) is 10.2 Å². The molecule has 0 saturated heterocycles. The number of nitrogens with zero attached hydrogens (tertiary/aromatic N) is 1. The van der Waals surface area contributed by atoms with Crippen molar-refractivity contribution in [1.29, 1.82) is 0 Å². The summed E-state index contributed by atoms with van der Waals surface area (Å²) < 4.78 is 10.2. The molecule has 0 saturated carbocycles. The van der Waals surface area contributed by atoms with Crippen molar-refractivity contribution >= 4 is 34.2 Å². The number of thiophene rings is 1. The van der Waals surface area contributed by atoms with E-state index in [-0.39, 0.29) is 29.7 Å². The van der Waals surface area contributed by atoms with E-state index in [0.29, 0.717) is 21.8 Å². The van der Waals surface area contributed by atoms with Crippen LogP contribution in [-0.2, 0) is 4.74 Å². The van der Waals surface area contributed by atoms with Gasteiger partial charge in [0.1, 0.15) is 10.8 Å². The van der Waals surface area contributed by atoms with Crippen LogP contribution < -0.4 is 15.4 Å². The molecule has 0 aliphatic rings. The number of aliphatic hydroxyl groups is 1. The normalized spacial score (nSPS) is 11.4. The van der Waals surface area contributed by atoms with Crippen LogP contribution in [0.3, 0.4) is 0 Å². The van der Waals surface area contributed by atoms with Gasteiger partial charge in [0.15, 0.2) is 0 Å². The van der Waals surface area contributed by atoms with Crippen LogP contribution >= 0.6 is 11.3 Å². The standard InChI is InChI=1S/C21H27N3O6S/c1-6-30-20(27)16-12(2)17(18(26)22-3)31-19(16)23-21(28)24(4)15(11-25)13-7-9-14(29-5)10-8-13/h7-10,15,25H,6,11H2,1-5H3,(H,22,26)(H,23,28). The third kappa shape index (κ3) is 5.33. The van der Waals surface area contributed by atoms with Gasteiger partial charge in [0, 0.05) is 14.1 Å². The Morgan fingerprint density at radius 1 is 1.23 bits per heavy atom. The van der Waals surface area contributed by atoms with E-state index in [2.05, 4.69) is 10.6 Å². The van der Waals surface area contributed by atoms with Crippen molar-refractivity contribution in [3.8, 4) is 5.75 Å². The van der Waals surface area contributed by atoms with Gasteiger partial charge in [-0.25, -0.2) is 9.59 Å². The molecule has 0 radical (unpaired) electrons. The molecule has 9 nitrogen and oxygen atoms in total. The minimum atomic E-state index is -0.628. The van der Waals surface area contributed by atoms with Gasteiger partial charge in [0.2, 0.25) is 0 Å². The largest absolute Gasteiger partial charge is 0.497 e. The minimum absolute atomic E-state index is 0.136. The summed E-state index contributed by atoms with van der Waals surface area (Å²) in [5, 5.41) is 15.3. The van der Waals surface area contributed by atoms with Crippen LogP contribution in [0.1, 0.15) is 44.1 Å². The maximum Gasteiger partial charge on any atom is 0.341 e. The highest BCUT2D eigenvalue weighted by Crippen LogP contribution is 2.34. The molecule has 0 aliphatic heterocycles. The highest BCUT2D eigenvalue weighted by molar-refractivity contribution is 7.18. The van der Waals surface area contributed by atoms with Crippen molar-refractivity contribution in [3.05, 3.63) is 45.8 Å². The fourth-order valence-corrected chi connectivity index (χ4v) is 4.12. The lowest BCUT2D eigenvalue weighted by Crippen LogP contribution is -2.36. The van der Waals surface area contributed by atoms with Gasteiger partial charge >= 0.3 is 12.0 Å². The van der Waals surface area contributed by atoms with E-state index in [1.165, 1.54) is 19.0 Å². The molecule has 0 spiro atoms. The summed E-state index contributed by atoms with van der Waals surface area (Å²) in [6.45, 7) is 3.14. The summed E-state index contributed by atoms with van der Waals surface area (Å²) in [4.78, 5) is 39.2. The van der Waals surface area contributed by atoms with Gasteiger partial charge in [-0.15, -0.1) is 11.3 Å². The van der Waals surface area contributed by atoms with Gasteiger partial charge in [0.05, 0.1) is 36.8 Å². The summed E-state index contributed by atoms with van der Waals surface area (Å²) in [6.07, 6.45) is 0. The Hall–Kier alpha value is -3.11. The Labute approximate surface area is 185 Å². The SMILES string of the molecule is CCOC(=O)c1c(NC(=O)N(C)C(CO)c2ccc(OC)cc2)sc(C(=O)NC)c1C. The van der Waals surface area contributed by atoms with Gasteiger partial charge < -0.3 is 24.8 Å². The van der Waals surface area contributed by atoms with Gasteiger partial charge in [-0.3, -0.25) is 10.1 Å². The lowest BCUT2D eigenvalue weighted by molar-refractivity contribution is 0.0527. The van der Waals surface area contributed by atoms with E-state index in [0.717, 1.165) is 11.3 Å². The fourth-order valence-electron chi connectivity index (χ4n) is 2.99. The average molecular weight is 450 g/mol. The first-order valence-corrected chi connectivity index (χ1v) is 10.4. The Balaban J connectivity index is 2.33. The van der Waals surface area contributed by atoms with Crippen molar-refractivity contribution in [2.45, 2.75) is 19.9 Å². The van der Waals surface area contributed by atoms with E-state index < -0.39 is 18.0 Å². The number of ether oxygens (including phenoxy) is 2. The second-order valence-corrected chi connectivity index (χ2v) is 7.59. The number of anilines is 1. The van der Waals surface area contributed by atoms with Crippen molar-refractivity contribution in [3.63, 3.8) is 0 Å². The lowest BCUT2D eigenvalue weighted by Gasteiger charge is -2.27. The monoisotopic (exact) mass is 449 g/mol. The van der Waals surface area contributed by atoms with Gasteiger partial charge in [-0.05, 0) is 37.1 Å². The smallest absolute Gasteiger partial charge is 0.341 e. The maximum absolute atomic E-state index is 12.9. The van der Waals surface area contributed by atoms with E-state index in [9.17, 15) is 19.5 Å². The third-order valence-corrected chi connectivity index (χ3v) is 5.95. The predicted molar refractivity (Wildman–Crippen MR) is 118 cm³/mol. The van der Waals surface area contributed by atoms with Gasteiger partial charge in [0.25, 0.3) is 5.91 Å². The number of amides is 3. The Bertz CT molecular complexity index is 941. The zero-order valence-corrected chi connectivity index (χ0v) is 19.0. The summed E-state index contributed by atoms with van der Waals surface area (Å²) >= 11 is 0.988. The lowest BCUT2D eigenvalue weighted by atomic mass is 10.1. The van der Waals surface area contributed by atoms with E-state index in [4.69, 9.17) is 9.47 Å². The number of aliphatic hydroxyl groups excluding tert-OH is 1. The van der Waals surface area contributed by atoms with Crippen molar-refractivity contribution < 1.29 is 29.0 Å². The molecule has 3 N–H and O–H groups in total. The van der Waals surface area contributed by atoms with Crippen molar-refractivity contribution in [2.75, 3.05) is 39.7 Å². The molecule has 0 aliphatic carbocycles. The second-order valence-electron chi connectivity index (χ2n) is 6.57. The molecule has 31 heavy (non-hydrogen) atoms. The fraction of sp³-hybridized carbons (Fsp3) is 0.381. The number of esters is 1. The molecule has 1 aromatic carbocycles. The number of methoxy groups -OCH3 is 1. The number of benzene rings is 1. The van der Waals surface area contributed by atoms with Crippen LogP contribution in [0.5, 0.6) is 5.75 Å². The predicted octanol–water partition coefficient (Wildman–Crippen LogP) is 2.80. The molecule has 10 heteroatoms. The molecule has 2 aromatic rings. The average Bonchev–Trinajstić information content (AvgIpc) is 3.09. The highest BCUT2D eigenvalue weighted by atomic mass is 32.1. The zero-order valence-electron chi connectivity index (χ0n) is 18.1. The van der Waals surface area contributed by atoms with Crippen LogP contribution in [0.25, 0.3) is 0 Å². The van der Waals surface area contributed by atoms with Crippen molar-refractivity contribution in [2.24, 2.45) is 0 Å². The van der Waals surface area contributed by atoms with Crippen LogP contribution in [0.15, 0.2) is 24.3 Å². The molecule has 1 aromatic heterocycles. The third-order valence-electron chi connectivity index (χ3n) is 4.74.